The van der Waals surface area contributed by atoms with E-state index in [0.717, 1.165) is 5.56 Å². The van der Waals surface area contributed by atoms with Crippen molar-refractivity contribution in [1.82, 2.24) is 9.29 Å². The first-order chi connectivity index (χ1) is 17.4. The molecule has 0 unspecified atom stereocenters. The van der Waals surface area contributed by atoms with Crippen molar-refractivity contribution in [3.05, 3.63) is 71.9 Å². The summed E-state index contributed by atoms with van der Waals surface area (Å²) in [5, 5.41) is 2.88. The molecular formula is C26H30N4O5S. The number of carbonyl (C=O) groups excluding carboxylic acids is 1. The number of nitrogens with zero attached hydrogens (tertiary/aromatic N) is 3. The van der Waals surface area contributed by atoms with Crippen LogP contribution in [0, 0.1) is 0 Å². The van der Waals surface area contributed by atoms with Gasteiger partial charge in [-0.15, -0.1) is 0 Å². The van der Waals surface area contributed by atoms with Gasteiger partial charge in [-0.1, -0.05) is 32.0 Å². The Balaban J connectivity index is 1.59. The van der Waals surface area contributed by atoms with Crippen molar-refractivity contribution >= 4 is 27.6 Å². The number of anilines is 2. The SMILES string of the molecule is CCN(CC)S(=O)(=O)c1ccc(OC)c(Cc2cnc3c(c2)OCCN3C(=O)Nc2ccccc2)c1. The summed E-state index contributed by atoms with van der Waals surface area (Å²) in [6.45, 7) is 5.11. The number of aromatic nitrogens is 1. The Morgan fingerprint density at radius 2 is 1.89 bits per heavy atom. The average Bonchev–Trinajstić information content (AvgIpc) is 2.89. The first-order valence-corrected chi connectivity index (χ1v) is 13.2. The van der Waals surface area contributed by atoms with E-state index in [-0.39, 0.29) is 10.9 Å². The molecule has 1 aromatic heterocycles. The molecule has 2 aromatic carbocycles. The second-order valence-corrected chi connectivity index (χ2v) is 10.1. The van der Waals surface area contributed by atoms with Gasteiger partial charge in [-0.3, -0.25) is 4.90 Å². The van der Waals surface area contributed by atoms with E-state index in [2.05, 4.69) is 10.3 Å². The predicted molar refractivity (Wildman–Crippen MR) is 138 cm³/mol. The summed E-state index contributed by atoms with van der Waals surface area (Å²) in [6, 6.07) is 15.6. The summed E-state index contributed by atoms with van der Waals surface area (Å²) < 4.78 is 38.8. The molecular weight excluding hydrogens is 480 g/mol. The van der Waals surface area contributed by atoms with E-state index in [1.165, 1.54) is 4.31 Å². The quantitative estimate of drug-likeness (QED) is 0.489. The maximum Gasteiger partial charge on any atom is 0.327 e. The monoisotopic (exact) mass is 510 g/mol. The number of nitrogens with one attached hydrogen (secondary N) is 1. The van der Waals surface area contributed by atoms with Crippen LogP contribution in [0.1, 0.15) is 25.0 Å². The third-order valence-corrected chi connectivity index (χ3v) is 8.02. The van der Waals surface area contributed by atoms with E-state index in [4.69, 9.17) is 9.47 Å². The van der Waals surface area contributed by atoms with Gasteiger partial charge in [0.1, 0.15) is 12.4 Å². The van der Waals surface area contributed by atoms with Gasteiger partial charge in [-0.25, -0.2) is 18.2 Å². The predicted octanol–water partition coefficient (Wildman–Crippen LogP) is 4.14. The lowest BCUT2D eigenvalue weighted by Crippen LogP contribution is -2.41. The standard InChI is InChI=1S/C26H30N4O5S/c1-4-29(5-2)36(32,33)22-11-12-23(34-3)20(17-22)15-19-16-24-25(27-18-19)30(13-14-35-24)26(31)28-21-9-7-6-8-10-21/h6-12,16-18H,4-5,13-15H2,1-3H3,(H,28,31). The first-order valence-electron chi connectivity index (χ1n) is 11.8. The number of fused-ring (bicyclic) bond motifs is 1. The number of ether oxygens (including phenoxy) is 2. The van der Waals surface area contributed by atoms with Gasteiger partial charge in [-0.2, -0.15) is 4.31 Å². The minimum Gasteiger partial charge on any atom is -0.496 e. The highest BCUT2D eigenvalue weighted by molar-refractivity contribution is 7.89. The van der Waals surface area contributed by atoms with Crippen molar-refractivity contribution in [3.8, 4) is 11.5 Å². The number of para-hydroxylation sites is 1. The number of benzene rings is 2. The van der Waals surface area contributed by atoms with Crippen LogP contribution in [0.3, 0.4) is 0 Å². The molecule has 0 aliphatic carbocycles. The molecule has 1 aliphatic heterocycles. The molecule has 4 rings (SSSR count). The van der Waals surface area contributed by atoms with Crippen molar-refractivity contribution in [1.29, 1.82) is 0 Å². The fourth-order valence-corrected chi connectivity index (χ4v) is 5.64. The van der Waals surface area contributed by atoms with Gasteiger partial charge in [0.05, 0.1) is 18.6 Å². The number of carbonyl (C=O) groups is 1. The van der Waals surface area contributed by atoms with Crippen LogP contribution in [0.25, 0.3) is 0 Å². The molecule has 3 aromatic rings. The number of rotatable bonds is 8. The maximum absolute atomic E-state index is 13.0. The van der Waals surface area contributed by atoms with Gasteiger partial charge in [0.15, 0.2) is 11.6 Å². The highest BCUT2D eigenvalue weighted by atomic mass is 32.2. The Hall–Kier alpha value is -3.63. The molecule has 190 valence electrons. The van der Waals surface area contributed by atoms with Gasteiger partial charge in [0.25, 0.3) is 0 Å². The lowest BCUT2D eigenvalue weighted by molar-refractivity contribution is 0.249. The van der Waals surface area contributed by atoms with Crippen molar-refractivity contribution in [2.24, 2.45) is 0 Å². The molecule has 1 aliphatic rings. The van der Waals surface area contributed by atoms with Crippen molar-refractivity contribution in [2.75, 3.05) is 43.6 Å². The van der Waals surface area contributed by atoms with E-state index in [9.17, 15) is 13.2 Å². The van der Waals surface area contributed by atoms with Crippen LogP contribution in [-0.2, 0) is 16.4 Å². The summed E-state index contributed by atoms with van der Waals surface area (Å²) >= 11 is 0. The number of pyridine rings is 1. The van der Waals surface area contributed by atoms with Gasteiger partial charge in [-0.05, 0) is 47.5 Å². The fourth-order valence-electron chi connectivity index (χ4n) is 4.13. The number of amides is 2. The number of methoxy groups -OCH3 is 1. The molecule has 9 nitrogen and oxygen atoms in total. The third-order valence-electron chi connectivity index (χ3n) is 5.98. The highest BCUT2D eigenvalue weighted by Crippen LogP contribution is 2.33. The molecule has 0 atom stereocenters. The number of hydrogen-bond acceptors (Lipinski definition) is 6. The van der Waals surface area contributed by atoms with E-state index in [1.807, 2.05) is 50.2 Å². The van der Waals surface area contributed by atoms with E-state index in [0.29, 0.717) is 61.2 Å². The third kappa shape index (κ3) is 5.29. The maximum atomic E-state index is 13.0. The summed E-state index contributed by atoms with van der Waals surface area (Å²) in [4.78, 5) is 19.1. The van der Waals surface area contributed by atoms with E-state index < -0.39 is 10.0 Å². The Bertz CT molecular complexity index is 1330. The van der Waals surface area contributed by atoms with Gasteiger partial charge in [0.2, 0.25) is 10.0 Å². The smallest absolute Gasteiger partial charge is 0.327 e. The van der Waals surface area contributed by atoms with Crippen LogP contribution < -0.4 is 19.7 Å². The summed E-state index contributed by atoms with van der Waals surface area (Å²) in [7, 11) is -2.06. The van der Waals surface area contributed by atoms with Crippen LogP contribution in [0.4, 0.5) is 16.3 Å². The molecule has 2 amide bonds. The Kier molecular flexibility index (Phi) is 7.76. The highest BCUT2D eigenvalue weighted by Gasteiger charge is 2.26. The van der Waals surface area contributed by atoms with E-state index >= 15 is 0 Å². The molecule has 0 saturated carbocycles. The number of sulfonamides is 1. The Labute approximate surface area is 211 Å². The minimum atomic E-state index is -3.61. The second-order valence-electron chi connectivity index (χ2n) is 8.20. The molecule has 36 heavy (non-hydrogen) atoms. The zero-order valence-electron chi connectivity index (χ0n) is 20.6. The zero-order chi connectivity index (χ0) is 25.7. The molecule has 0 saturated heterocycles. The first kappa shape index (κ1) is 25.5. The lowest BCUT2D eigenvalue weighted by Gasteiger charge is -2.28. The Morgan fingerprint density at radius 1 is 1.14 bits per heavy atom. The topological polar surface area (TPSA) is 101 Å². The average molecular weight is 511 g/mol. The molecule has 1 N–H and O–H groups in total. The van der Waals surface area contributed by atoms with Gasteiger partial charge < -0.3 is 14.8 Å². The largest absolute Gasteiger partial charge is 0.496 e. The van der Waals surface area contributed by atoms with Crippen LogP contribution in [0.15, 0.2) is 65.7 Å². The molecule has 10 heteroatoms. The van der Waals surface area contributed by atoms with Gasteiger partial charge >= 0.3 is 6.03 Å². The van der Waals surface area contributed by atoms with Crippen molar-refractivity contribution in [3.63, 3.8) is 0 Å². The van der Waals surface area contributed by atoms with E-state index in [1.54, 1.807) is 36.4 Å². The lowest BCUT2D eigenvalue weighted by atomic mass is 10.1. The normalized spacial score (nSPS) is 13.2. The van der Waals surface area contributed by atoms with Crippen LogP contribution in [-0.4, -0.2) is 57.1 Å². The van der Waals surface area contributed by atoms with Crippen LogP contribution in [0.5, 0.6) is 11.5 Å². The van der Waals surface area contributed by atoms with Crippen molar-refractivity contribution in [2.45, 2.75) is 25.2 Å². The molecule has 0 spiro atoms. The minimum absolute atomic E-state index is 0.216. The molecule has 0 bridgehead atoms. The van der Waals surface area contributed by atoms with Crippen molar-refractivity contribution < 1.29 is 22.7 Å². The van der Waals surface area contributed by atoms with Gasteiger partial charge in [0, 0.05) is 31.4 Å². The molecule has 0 radical (unpaired) electrons. The van der Waals surface area contributed by atoms with Crippen LogP contribution in [0.2, 0.25) is 0 Å². The number of hydrogen-bond donors (Lipinski definition) is 1. The Morgan fingerprint density at radius 3 is 2.58 bits per heavy atom. The second kappa shape index (κ2) is 11.0. The summed E-state index contributed by atoms with van der Waals surface area (Å²) in [5.41, 5.74) is 2.20. The van der Waals surface area contributed by atoms with Crippen LogP contribution >= 0.6 is 0 Å². The molecule has 0 fully saturated rings. The number of urea groups is 1. The zero-order valence-corrected chi connectivity index (χ0v) is 21.4. The summed E-state index contributed by atoms with van der Waals surface area (Å²) in [6.07, 6.45) is 2.05. The summed E-state index contributed by atoms with van der Waals surface area (Å²) in [5.74, 6) is 1.51. The fraction of sp³-hybridized carbons (Fsp3) is 0.308. The molecule has 2 heterocycles.